The third kappa shape index (κ3) is 1.85. The van der Waals surface area contributed by atoms with Gasteiger partial charge in [0.05, 0.1) is 0 Å². The molecule has 0 N–H and O–H groups in total. The van der Waals surface area contributed by atoms with Crippen molar-refractivity contribution in [1.82, 2.24) is 0 Å². The molecule has 0 saturated carbocycles. The van der Waals surface area contributed by atoms with E-state index in [1.807, 2.05) is 0 Å². The van der Waals surface area contributed by atoms with Gasteiger partial charge in [0, 0.05) is 28.6 Å². The average molecular weight is 290 g/mol. The average Bonchev–Trinajstić information content (AvgIpc) is 2.27. The van der Waals surface area contributed by atoms with Crippen molar-refractivity contribution in [2.24, 2.45) is 5.41 Å². The van der Waals surface area contributed by atoms with E-state index in [-0.39, 0.29) is 0 Å². The molecule has 0 aliphatic carbocycles. The maximum Gasteiger partial charge on any atom is 0.0447 e. The molecule has 1 saturated heterocycles. The molecule has 1 nitrogen and oxygen atoms in total. The number of hydrogen-bond donors (Lipinski definition) is 0. The number of nitrogens with zero attached hydrogens (tertiary/aromatic N) is 1. The second-order valence-electron chi connectivity index (χ2n) is 5.63. The van der Waals surface area contributed by atoms with Gasteiger partial charge in [0.2, 0.25) is 0 Å². The molecule has 0 unspecified atom stereocenters. The lowest BCUT2D eigenvalue weighted by Crippen LogP contribution is -2.53. The topological polar surface area (TPSA) is 3.24 Å². The van der Waals surface area contributed by atoms with Gasteiger partial charge in [-0.1, -0.05) is 54.0 Å². The molecule has 3 rings (SSSR count). The largest absolute Gasteiger partial charge is 0.370 e. The number of halogens is 1. The molecular formula is C15H16BrN. The van der Waals surface area contributed by atoms with E-state index in [1.165, 1.54) is 20.9 Å². The standard InChI is InChI=1S/C15H16BrN/c1-15(2)9-17(10-15)14-8-7-13(16)11-5-3-4-6-12(11)14/h3-8H,9-10H2,1-2H3. The zero-order valence-electron chi connectivity index (χ0n) is 10.2. The minimum Gasteiger partial charge on any atom is -0.370 e. The van der Waals surface area contributed by atoms with Crippen LogP contribution in [0, 0.1) is 5.41 Å². The first-order valence-electron chi connectivity index (χ1n) is 5.99. The molecule has 0 atom stereocenters. The third-order valence-electron chi connectivity index (χ3n) is 3.43. The monoisotopic (exact) mass is 289 g/mol. The Morgan fingerprint density at radius 3 is 2.29 bits per heavy atom. The first kappa shape index (κ1) is 11.1. The first-order valence-corrected chi connectivity index (χ1v) is 6.78. The van der Waals surface area contributed by atoms with E-state index in [4.69, 9.17) is 0 Å². The van der Waals surface area contributed by atoms with E-state index >= 15 is 0 Å². The van der Waals surface area contributed by atoms with Crippen LogP contribution >= 0.6 is 15.9 Å². The zero-order chi connectivity index (χ0) is 12.0. The first-order chi connectivity index (χ1) is 8.07. The van der Waals surface area contributed by atoms with Crippen LogP contribution in [-0.2, 0) is 0 Å². The van der Waals surface area contributed by atoms with Gasteiger partial charge in [-0.25, -0.2) is 0 Å². The minimum absolute atomic E-state index is 0.466. The van der Waals surface area contributed by atoms with Crippen molar-refractivity contribution in [3.63, 3.8) is 0 Å². The fourth-order valence-corrected chi connectivity index (χ4v) is 3.16. The van der Waals surface area contributed by atoms with Crippen LogP contribution in [0.4, 0.5) is 5.69 Å². The maximum absolute atomic E-state index is 3.62. The molecule has 2 aromatic rings. The maximum atomic E-state index is 3.62. The molecule has 0 aromatic heterocycles. The van der Waals surface area contributed by atoms with Crippen molar-refractivity contribution in [2.45, 2.75) is 13.8 Å². The van der Waals surface area contributed by atoms with Crippen molar-refractivity contribution >= 4 is 32.4 Å². The van der Waals surface area contributed by atoms with E-state index < -0.39 is 0 Å². The Morgan fingerprint density at radius 1 is 1.00 bits per heavy atom. The predicted molar refractivity (Wildman–Crippen MR) is 77.6 cm³/mol. The molecule has 1 heterocycles. The van der Waals surface area contributed by atoms with Crippen molar-refractivity contribution in [1.29, 1.82) is 0 Å². The van der Waals surface area contributed by atoms with Crippen molar-refractivity contribution in [3.8, 4) is 0 Å². The molecule has 2 aromatic carbocycles. The molecule has 1 aliphatic rings. The summed E-state index contributed by atoms with van der Waals surface area (Å²) in [7, 11) is 0. The number of anilines is 1. The van der Waals surface area contributed by atoms with Crippen LogP contribution in [0.2, 0.25) is 0 Å². The molecule has 17 heavy (non-hydrogen) atoms. The van der Waals surface area contributed by atoms with Gasteiger partial charge >= 0.3 is 0 Å². The lowest BCUT2D eigenvalue weighted by molar-refractivity contribution is 0.277. The highest BCUT2D eigenvalue weighted by atomic mass is 79.9. The predicted octanol–water partition coefficient (Wildman–Crippen LogP) is 4.45. The summed E-state index contributed by atoms with van der Waals surface area (Å²) in [5.41, 5.74) is 1.83. The summed E-state index contributed by atoms with van der Waals surface area (Å²) >= 11 is 3.62. The number of hydrogen-bond acceptors (Lipinski definition) is 1. The van der Waals surface area contributed by atoms with E-state index in [2.05, 4.69) is 71.1 Å². The second kappa shape index (κ2) is 3.74. The van der Waals surface area contributed by atoms with E-state index in [1.54, 1.807) is 0 Å². The van der Waals surface area contributed by atoms with Crippen molar-refractivity contribution in [3.05, 3.63) is 40.9 Å². The van der Waals surface area contributed by atoms with Gasteiger partial charge in [0.25, 0.3) is 0 Å². The number of benzene rings is 2. The van der Waals surface area contributed by atoms with Crippen LogP contribution in [0.5, 0.6) is 0 Å². The Bertz CT molecular complexity index is 566. The van der Waals surface area contributed by atoms with Crippen LogP contribution < -0.4 is 4.90 Å². The summed E-state index contributed by atoms with van der Waals surface area (Å²) in [6.45, 7) is 6.95. The molecule has 88 valence electrons. The summed E-state index contributed by atoms with van der Waals surface area (Å²) in [5, 5.41) is 2.65. The van der Waals surface area contributed by atoms with Gasteiger partial charge in [-0.3, -0.25) is 0 Å². The van der Waals surface area contributed by atoms with Gasteiger partial charge in [0.15, 0.2) is 0 Å². The van der Waals surface area contributed by atoms with Crippen LogP contribution in [-0.4, -0.2) is 13.1 Å². The Morgan fingerprint density at radius 2 is 1.65 bits per heavy atom. The molecule has 1 fully saturated rings. The Kier molecular flexibility index (Phi) is 2.44. The van der Waals surface area contributed by atoms with Gasteiger partial charge in [-0.2, -0.15) is 0 Å². The smallest absolute Gasteiger partial charge is 0.0447 e. The second-order valence-corrected chi connectivity index (χ2v) is 6.49. The Hall–Kier alpha value is -1.02. The van der Waals surface area contributed by atoms with Crippen LogP contribution in [0.15, 0.2) is 40.9 Å². The van der Waals surface area contributed by atoms with Crippen molar-refractivity contribution in [2.75, 3.05) is 18.0 Å². The Balaban J connectivity index is 2.09. The van der Waals surface area contributed by atoms with Crippen molar-refractivity contribution < 1.29 is 0 Å². The minimum atomic E-state index is 0.466. The number of fused-ring (bicyclic) bond motifs is 1. The molecule has 2 heteroatoms. The number of rotatable bonds is 1. The van der Waals surface area contributed by atoms with E-state index in [9.17, 15) is 0 Å². The molecule has 1 aliphatic heterocycles. The van der Waals surface area contributed by atoms with Crippen LogP contribution in [0.3, 0.4) is 0 Å². The molecular weight excluding hydrogens is 274 g/mol. The van der Waals surface area contributed by atoms with Gasteiger partial charge in [0.1, 0.15) is 0 Å². The highest BCUT2D eigenvalue weighted by molar-refractivity contribution is 9.10. The highest BCUT2D eigenvalue weighted by Crippen LogP contribution is 2.39. The fourth-order valence-electron chi connectivity index (χ4n) is 2.68. The third-order valence-corrected chi connectivity index (χ3v) is 4.12. The quantitative estimate of drug-likeness (QED) is 0.750. The summed E-state index contributed by atoms with van der Waals surface area (Å²) in [6.07, 6.45) is 0. The highest BCUT2D eigenvalue weighted by Gasteiger charge is 2.34. The lowest BCUT2D eigenvalue weighted by atomic mass is 9.83. The normalized spacial score (nSPS) is 18.2. The van der Waals surface area contributed by atoms with Crippen LogP contribution in [0.25, 0.3) is 10.8 Å². The molecule has 0 amide bonds. The van der Waals surface area contributed by atoms with Crippen LogP contribution in [0.1, 0.15) is 13.8 Å². The van der Waals surface area contributed by atoms with E-state index in [0.717, 1.165) is 13.1 Å². The zero-order valence-corrected chi connectivity index (χ0v) is 11.8. The Labute approximate surface area is 111 Å². The summed E-state index contributed by atoms with van der Waals surface area (Å²) in [6, 6.07) is 13.0. The van der Waals surface area contributed by atoms with E-state index in [0.29, 0.717) is 5.41 Å². The molecule has 0 bridgehead atoms. The molecule has 0 radical (unpaired) electrons. The van der Waals surface area contributed by atoms with Gasteiger partial charge in [-0.05, 0) is 22.9 Å². The fraction of sp³-hybridized carbons (Fsp3) is 0.333. The molecule has 0 spiro atoms. The van der Waals surface area contributed by atoms with Gasteiger partial charge < -0.3 is 4.90 Å². The summed E-state index contributed by atoms with van der Waals surface area (Å²) < 4.78 is 1.18. The van der Waals surface area contributed by atoms with Gasteiger partial charge in [-0.15, -0.1) is 0 Å². The summed E-state index contributed by atoms with van der Waals surface area (Å²) in [5.74, 6) is 0. The SMILES string of the molecule is CC1(C)CN(c2ccc(Br)c3ccccc23)C1. The summed E-state index contributed by atoms with van der Waals surface area (Å²) in [4.78, 5) is 2.47. The lowest BCUT2D eigenvalue weighted by Gasteiger charge is -2.47.